The largest absolute Gasteiger partial charge is 0.393 e. The van der Waals surface area contributed by atoms with E-state index in [4.69, 9.17) is 0 Å². The average Bonchev–Trinajstić information content (AvgIpc) is 2.13. The Morgan fingerprint density at radius 3 is 2.40 bits per heavy atom. The molecule has 88 valence electrons. The van der Waals surface area contributed by atoms with E-state index in [9.17, 15) is 5.11 Å². The summed E-state index contributed by atoms with van der Waals surface area (Å²) in [5.41, 5.74) is 0. The number of allylic oxidation sites excluding steroid dienone is 3. The number of aliphatic hydroxyl groups excluding tert-OH is 1. The number of rotatable bonds is 6. The van der Waals surface area contributed by atoms with Crippen LogP contribution in [0.25, 0.3) is 0 Å². The van der Waals surface area contributed by atoms with Gasteiger partial charge in [0.05, 0.1) is 6.10 Å². The average molecular weight is 322 g/mol. The van der Waals surface area contributed by atoms with Crippen molar-refractivity contribution in [1.29, 1.82) is 0 Å². The van der Waals surface area contributed by atoms with E-state index in [2.05, 4.69) is 55.5 Å². The first kappa shape index (κ1) is 15.2. The third-order valence-electron chi connectivity index (χ3n) is 2.53. The maximum atomic E-state index is 9.86. The summed E-state index contributed by atoms with van der Waals surface area (Å²) in [6.45, 7) is 8.37. The Balaban J connectivity index is 3.89. The summed E-state index contributed by atoms with van der Waals surface area (Å²) in [6.07, 6.45) is 8.07. The summed E-state index contributed by atoms with van der Waals surface area (Å²) in [5.74, 6) is 0.834. The van der Waals surface area contributed by atoms with Crippen molar-refractivity contribution in [1.82, 2.24) is 0 Å². The van der Waals surface area contributed by atoms with Crippen LogP contribution in [-0.4, -0.2) is 11.2 Å². The molecule has 1 N–H and O–H groups in total. The quantitative estimate of drug-likeness (QED) is 0.570. The summed E-state index contributed by atoms with van der Waals surface area (Å²) < 4.78 is 1.33. The summed E-state index contributed by atoms with van der Waals surface area (Å²) in [7, 11) is 0. The molecule has 0 spiro atoms. The molecular formula is C13H23IO. The molecule has 0 aliphatic carbocycles. The second-order valence-corrected chi connectivity index (χ2v) is 5.96. The van der Waals surface area contributed by atoms with E-state index >= 15 is 0 Å². The maximum absolute atomic E-state index is 9.86. The standard InChI is InChI=1S/C13H23IO/c1-5-6-11(3)13(15)8-7-10(2)9-12(4)14/h5-6,9-11,13,15H,7-8H2,1-4H3/b6-5+,12-9+/t10-,11+,13+/m0/s1. The van der Waals surface area contributed by atoms with E-state index in [0.29, 0.717) is 5.92 Å². The zero-order valence-electron chi connectivity index (χ0n) is 10.2. The van der Waals surface area contributed by atoms with Gasteiger partial charge in [-0.15, -0.1) is 0 Å². The predicted octanol–water partition coefficient (Wildman–Crippen LogP) is 4.31. The molecular weight excluding hydrogens is 299 g/mol. The SMILES string of the molecule is C/C=C/[C@@H](C)[C@H](O)CC[C@H](C)/C=C(\C)I. The van der Waals surface area contributed by atoms with E-state index < -0.39 is 0 Å². The topological polar surface area (TPSA) is 20.2 Å². The minimum atomic E-state index is -0.202. The number of halogens is 1. The Labute approximate surface area is 108 Å². The zero-order chi connectivity index (χ0) is 11.8. The lowest BCUT2D eigenvalue weighted by atomic mass is 9.95. The van der Waals surface area contributed by atoms with Gasteiger partial charge in [-0.2, -0.15) is 0 Å². The molecule has 0 radical (unpaired) electrons. The van der Waals surface area contributed by atoms with Crippen LogP contribution in [-0.2, 0) is 0 Å². The van der Waals surface area contributed by atoms with E-state index in [1.165, 1.54) is 3.58 Å². The molecule has 0 unspecified atom stereocenters. The highest BCUT2D eigenvalue weighted by atomic mass is 127. The van der Waals surface area contributed by atoms with Crippen molar-refractivity contribution in [3.8, 4) is 0 Å². The molecule has 0 aliphatic rings. The van der Waals surface area contributed by atoms with Crippen molar-refractivity contribution >= 4 is 22.6 Å². The second-order valence-electron chi connectivity index (χ2n) is 4.26. The molecule has 0 saturated carbocycles. The monoisotopic (exact) mass is 322 g/mol. The van der Waals surface area contributed by atoms with Gasteiger partial charge in [0.25, 0.3) is 0 Å². The Morgan fingerprint density at radius 1 is 1.33 bits per heavy atom. The summed E-state index contributed by atoms with van der Waals surface area (Å²) in [4.78, 5) is 0. The fraction of sp³-hybridized carbons (Fsp3) is 0.692. The molecule has 1 nitrogen and oxygen atoms in total. The molecule has 0 heterocycles. The molecule has 0 aromatic heterocycles. The lowest BCUT2D eigenvalue weighted by Crippen LogP contribution is -2.16. The smallest absolute Gasteiger partial charge is 0.0600 e. The lowest BCUT2D eigenvalue weighted by Gasteiger charge is -2.16. The van der Waals surface area contributed by atoms with Gasteiger partial charge in [-0.25, -0.2) is 0 Å². The van der Waals surface area contributed by atoms with Crippen LogP contribution in [0.4, 0.5) is 0 Å². The molecule has 2 heteroatoms. The molecule has 0 aliphatic heterocycles. The molecule has 0 aromatic rings. The minimum Gasteiger partial charge on any atom is -0.393 e. The summed E-state index contributed by atoms with van der Waals surface area (Å²) >= 11 is 2.33. The van der Waals surface area contributed by atoms with Crippen LogP contribution >= 0.6 is 22.6 Å². The molecule has 0 aromatic carbocycles. The van der Waals surface area contributed by atoms with Crippen LogP contribution in [0.3, 0.4) is 0 Å². The number of hydrogen-bond donors (Lipinski definition) is 1. The van der Waals surface area contributed by atoms with E-state index in [1.54, 1.807) is 0 Å². The molecule has 15 heavy (non-hydrogen) atoms. The highest BCUT2D eigenvalue weighted by Gasteiger charge is 2.11. The van der Waals surface area contributed by atoms with Crippen molar-refractivity contribution in [2.24, 2.45) is 11.8 Å². The van der Waals surface area contributed by atoms with Crippen LogP contribution in [0, 0.1) is 11.8 Å². The zero-order valence-corrected chi connectivity index (χ0v) is 12.4. The summed E-state index contributed by atoms with van der Waals surface area (Å²) in [6, 6.07) is 0. The molecule has 0 fully saturated rings. The first-order valence-corrected chi connectivity index (χ1v) is 6.70. The van der Waals surface area contributed by atoms with Crippen LogP contribution in [0.1, 0.15) is 40.5 Å². The van der Waals surface area contributed by atoms with Gasteiger partial charge in [-0.1, -0.05) is 32.1 Å². The highest BCUT2D eigenvalue weighted by Crippen LogP contribution is 2.18. The van der Waals surface area contributed by atoms with Crippen LogP contribution in [0.2, 0.25) is 0 Å². The van der Waals surface area contributed by atoms with Gasteiger partial charge in [0.2, 0.25) is 0 Å². The van der Waals surface area contributed by atoms with E-state index in [0.717, 1.165) is 12.8 Å². The molecule has 0 amide bonds. The van der Waals surface area contributed by atoms with Gasteiger partial charge >= 0.3 is 0 Å². The van der Waals surface area contributed by atoms with Crippen molar-refractivity contribution in [2.45, 2.75) is 46.6 Å². The van der Waals surface area contributed by atoms with Gasteiger partial charge in [0, 0.05) is 0 Å². The Morgan fingerprint density at radius 2 is 1.93 bits per heavy atom. The van der Waals surface area contributed by atoms with Gasteiger partial charge in [-0.3, -0.25) is 0 Å². The number of hydrogen-bond acceptors (Lipinski definition) is 1. The molecule has 3 atom stereocenters. The summed E-state index contributed by atoms with van der Waals surface area (Å²) in [5, 5.41) is 9.86. The van der Waals surface area contributed by atoms with Gasteiger partial charge < -0.3 is 5.11 Å². The normalized spacial score (nSPS) is 19.2. The first-order chi connectivity index (χ1) is 6.97. The fourth-order valence-electron chi connectivity index (χ4n) is 1.60. The van der Waals surface area contributed by atoms with Crippen LogP contribution in [0.5, 0.6) is 0 Å². The third kappa shape index (κ3) is 8.03. The van der Waals surface area contributed by atoms with Crippen LogP contribution in [0.15, 0.2) is 21.8 Å². The predicted molar refractivity (Wildman–Crippen MR) is 76.2 cm³/mol. The first-order valence-electron chi connectivity index (χ1n) is 5.62. The van der Waals surface area contributed by atoms with Gasteiger partial charge in [-0.05, 0) is 64.7 Å². The minimum absolute atomic E-state index is 0.202. The van der Waals surface area contributed by atoms with Gasteiger partial charge in [0.15, 0.2) is 0 Å². The number of aliphatic hydroxyl groups is 1. The molecule has 0 bridgehead atoms. The molecule has 0 rings (SSSR count). The van der Waals surface area contributed by atoms with Crippen molar-refractivity contribution < 1.29 is 5.11 Å². The second kappa shape index (κ2) is 8.34. The molecule has 0 saturated heterocycles. The Kier molecular flexibility index (Phi) is 8.43. The van der Waals surface area contributed by atoms with Crippen LogP contribution < -0.4 is 0 Å². The third-order valence-corrected chi connectivity index (χ3v) is 2.89. The van der Waals surface area contributed by atoms with E-state index in [-0.39, 0.29) is 12.0 Å². The highest BCUT2D eigenvalue weighted by molar-refractivity contribution is 14.1. The van der Waals surface area contributed by atoms with Crippen molar-refractivity contribution in [3.63, 3.8) is 0 Å². The van der Waals surface area contributed by atoms with Gasteiger partial charge in [0.1, 0.15) is 0 Å². The maximum Gasteiger partial charge on any atom is 0.0600 e. The van der Waals surface area contributed by atoms with Crippen molar-refractivity contribution in [3.05, 3.63) is 21.8 Å². The lowest BCUT2D eigenvalue weighted by molar-refractivity contribution is 0.122. The Hall–Kier alpha value is 0.170. The fourth-order valence-corrected chi connectivity index (χ4v) is 2.22. The van der Waals surface area contributed by atoms with E-state index in [1.807, 2.05) is 13.0 Å². The Bertz CT molecular complexity index is 217. The van der Waals surface area contributed by atoms with Crippen molar-refractivity contribution in [2.75, 3.05) is 0 Å².